The van der Waals surface area contributed by atoms with Crippen LogP contribution < -0.4 is 10.1 Å². The van der Waals surface area contributed by atoms with E-state index in [1.807, 2.05) is 11.7 Å². The number of hydrogen-bond acceptors (Lipinski definition) is 4. The molecule has 0 saturated carbocycles. The molecule has 0 amide bonds. The van der Waals surface area contributed by atoms with Crippen LogP contribution in [-0.2, 0) is 13.6 Å². The van der Waals surface area contributed by atoms with Gasteiger partial charge in [0, 0.05) is 26.2 Å². The number of ether oxygens (including phenoxy) is 1. The van der Waals surface area contributed by atoms with Crippen molar-refractivity contribution in [2.24, 2.45) is 7.05 Å². The second-order valence-corrected chi connectivity index (χ2v) is 6.08. The molecule has 1 aromatic rings. The van der Waals surface area contributed by atoms with E-state index >= 15 is 0 Å². The molecule has 1 fully saturated rings. The molecule has 1 unspecified atom stereocenters. The third kappa shape index (κ3) is 4.20. The average molecular weight is 294 g/mol. The highest BCUT2D eigenvalue weighted by Gasteiger charge is 2.20. The summed E-state index contributed by atoms with van der Waals surface area (Å²) in [6.07, 6.45) is 5.14. The minimum atomic E-state index is 0.633. The molecule has 0 aromatic carbocycles. The maximum Gasteiger partial charge on any atom is 0.216 e. The Bertz CT molecular complexity index is 438. The molecule has 120 valence electrons. The Balaban J connectivity index is 2.04. The van der Waals surface area contributed by atoms with Crippen molar-refractivity contribution in [3.8, 4) is 5.88 Å². The van der Waals surface area contributed by atoms with Gasteiger partial charge in [-0.2, -0.15) is 5.10 Å². The van der Waals surface area contributed by atoms with Crippen molar-refractivity contribution >= 4 is 0 Å². The van der Waals surface area contributed by atoms with E-state index in [-0.39, 0.29) is 0 Å². The van der Waals surface area contributed by atoms with Gasteiger partial charge in [-0.3, -0.25) is 4.90 Å². The first-order valence-electron chi connectivity index (χ1n) is 8.17. The van der Waals surface area contributed by atoms with Crippen LogP contribution in [0.3, 0.4) is 0 Å². The van der Waals surface area contributed by atoms with Gasteiger partial charge in [0.25, 0.3) is 0 Å². The predicted molar refractivity (Wildman–Crippen MR) is 85.7 cm³/mol. The van der Waals surface area contributed by atoms with Crippen molar-refractivity contribution in [2.75, 3.05) is 26.7 Å². The largest absolute Gasteiger partial charge is 0.481 e. The first-order chi connectivity index (χ1) is 10.2. The van der Waals surface area contributed by atoms with Gasteiger partial charge in [-0.25, -0.2) is 4.68 Å². The van der Waals surface area contributed by atoms with Crippen LogP contribution in [0.5, 0.6) is 5.88 Å². The highest BCUT2D eigenvalue weighted by molar-refractivity contribution is 5.30. The van der Waals surface area contributed by atoms with E-state index in [2.05, 4.69) is 29.2 Å². The summed E-state index contributed by atoms with van der Waals surface area (Å²) in [7, 11) is 3.68. The molecule has 2 rings (SSSR count). The SMILES string of the molecule is CCCN(Cc1c(C)nn(C)c1OC)CC1CCCCN1. The van der Waals surface area contributed by atoms with Gasteiger partial charge in [0.15, 0.2) is 0 Å². The molecule has 1 aromatic heterocycles. The molecule has 1 aliphatic heterocycles. The lowest BCUT2D eigenvalue weighted by atomic mass is 10.0. The lowest BCUT2D eigenvalue weighted by Gasteiger charge is -2.30. The van der Waals surface area contributed by atoms with Crippen molar-refractivity contribution in [2.45, 2.75) is 52.1 Å². The van der Waals surface area contributed by atoms with Crippen LogP contribution in [0.25, 0.3) is 0 Å². The molecular weight excluding hydrogens is 264 g/mol. The number of aromatic nitrogens is 2. The highest BCUT2D eigenvalue weighted by Crippen LogP contribution is 2.23. The molecule has 0 bridgehead atoms. The van der Waals surface area contributed by atoms with Gasteiger partial charge in [-0.1, -0.05) is 13.3 Å². The summed E-state index contributed by atoms with van der Waals surface area (Å²) in [5, 5.41) is 8.14. The number of hydrogen-bond donors (Lipinski definition) is 1. The molecular formula is C16H30N4O. The Labute approximate surface area is 128 Å². The van der Waals surface area contributed by atoms with Crippen LogP contribution in [0.2, 0.25) is 0 Å². The Hall–Kier alpha value is -1.07. The first-order valence-corrected chi connectivity index (χ1v) is 8.17. The Morgan fingerprint density at radius 1 is 1.43 bits per heavy atom. The van der Waals surface area contributed by atoms with Crippen molar-refractivity contribution < 1.29 is 4.74 Å². The summed E-state index contributed by atoms with van der Waals surface area (Å²) < 4.78 is 7.37. The number of piperidine rings is 1. The van der Waals surface area contributed by atoms with Crippen LogP contribution in [-0.4, -0.2) is 47.5 Å². The second-order valence-electron chi connectivity index (χ2n) is 6.08. The minimum absolute atomic E-state index is 0.633. The van der Waals surface area contributed by atoms with Gasteiger partial charge in [0.2, 0.25) is 5.88 Å². The summed E-state index contributed by atoms with van der Waals surface area (Å²) in [6, 6.07) is 0.633. The molecule has 1 aliphatic rings. The van der Waals surface area contributed by atoms with E-state index in [1.54, 1.807) is 7.11 Å². The van der Waals surface area contributed by atoms with Crippen LogP contribution in [0.1, 0.15) is 43.9 Å². The zero-order chi connectivity index (χ0) is 15.2. The lowest BCUT2D eigenvalue weighted by molar-refractivity contribution is 0.214. The molecule has 0 radical (unpaired) electrons. The fourth-order valence-corrected chi connectivity index (χ4v) is 3.28. The molecule has 1 saturated heterocycles. The van der Waals surface area contributed by atoms with E-state index < -0.39 is 0 Å². The van der Waals surface area contributed by atoms with Crippen molar-refractivity contribution in [1.29, 1.82) is 0 Å². The number of methoxy groups -OCH3 is 1. The Morgan fingerprint density at radius 3 is 2.86 bits per heavy atom. The monoisotopic (exact) mass is 294 g/mol. The van der Waals surface area contributed by atoms with Gasteiger partial charge in [0.1, 0.15) is 0 Å². The third-order valence-electron chi connectivity index (χ3n) is 4.29. The first kappa shape index (κ1) is 16.3. The van der Waals surface area contributed by atoms with E-state index in [1.165, 1.54) is 37.8 Å². The zero-order valence-corrected chi connectivity index (χ0v) is 14.0. The summed E-state index contributed by atoms with van der Waals surface area (Å²) in [4.78, 5) is 2.54. The van der Waals surface area contributed by atoms with E-state index in [0.29, 0.717) is 6.04 Å². The summed E-state index contributed by atoms with van der Waals surface area (Å²) in [6.45, 7) is 8.64. The fraction of sp³-hybridized carbons (Fsp3) is 0.812. The van der Waals surface area contributed by atoms with Crippen LogP contribution in [0.15, 0.2) is 0 Å². The molecule has 1 atom stereocenters. The van der Waals surface area contributed by atoms with Crippen molar-refractivity contribution in [3.05, 3.63) is 11.3 Å². The van der Waals surface area contributed by atoms with E-state index in [0.717, 1.165) is 31.2 Å². The molecule has 5 nitrogen and oxygen atoms in total. The maximum atomic E-state index is 5.52. The van der Waals surface area contributed by atoms with Gasteiger partial charge >= 0.3 is 0 Å². The molecule has 1 N–H and O–H groups in total. The van der Waals surface area contributed by atoms with Crippen molar-refractivity contribution in [1.82, 2.24) is 20.0 Å². The van der Waals surface area contributed by atoms with Gasteiger partial charge in [0.05, 0.1) is 18.4 Å². The molecule has 0 aliphatic carbocycles. The molecule has 5 heteroatoms. The number of nitrogens with zero attached hydrogens (tertiary/aromatic N) is 3. The topological polar surface area (TPSA) is 42.3 Å². The highest BCUT2D eigenvalue weighted by atomic mass is 16.5. The quantitative estimate of drug-likeness (QED) is 0.836. The predicted octanol–water partition coefficient (Wildman–Crippen LogP) is 2.09. The maximum absolute atomic E-state index is 5.52. The standard InChI is InChI=1S/C16H30N4O/c1-5-10-20(11-14-8-6-7-9-17-14)12-15-13(2)18-19(3)16(15)21-4/h14,17H,5-12H2,1-4H3. The van der Waals surface area contributed by atoms with Crippen LogP contribution >= 0.6 is 0 Å². The number of aryl methyl sites for hydroxylation is 2. The Morgan fingerprint density at radius 2 is 2.24 bits per heavy atom. The van der Waals surface area contributed by atoms with Gasteiger partial charge < -0.3 is 10.1 Å². The second kappa shape index (κ2) is 7.80. The number of rotatable bonds is 7. The normalized spacial score (nSPS) is 19.2. The zero-order valence-electron chi connectivity index (χ0n) is 14.0. The van der Waals surface area contributed by atoms with Crippen LogP contribution in [0, 0.1) is 6.92 Å². The van der Waals surface area contributed by atoms with E-state index in [9.17, 15) is 0 Å². The summed E-state index contributed by atoms with van der Waals surface area (Å²) in [5.41, 5.74) is 2.30. The molecule has 0 spiro atoms. The molecule has 21 heavy (non-hydrogen) atoms. The fourth-order valence-electron chi connectivity index (χ4n) is 3.28. The smallest absolute Gasteiger partial charge is 0.216 e. The molecule has 2 heterocycles. The Kier molecular flexibility index (Phi) is 6.06. The number of nitrogens with one attached hydrogen (secondary N) is 1. The van der Waals surface area contributed by atoms with Crippen molar-refractivity contribution in [3.63, 3.8) is 0 Å². The minimum Gasteiger partial charge on any atom is -0.481 e. The van der Waals surface area contributed by atoms with E-state index in [4.69, 9.17) is 4.74 Å². The van der Waals surface area contributed by atoms with Gasteiger partial charge in [-0.15, -0.1) is 0 Å². The lowest BCUT2D eigenvalue weighted by Crippen LogP contribution is -2.43. The third-order valence-corrected chi connectivity index (χ3v) is 4.29. The average Bonchev–Trinajstić information content (AvgIpc) is 2.74. The van der Waals surface area contributed by atoms with Gasteiger partial charge in [-0.05, 0) is 39.3 Å². The summed E-state index contributed by atoms with van der Waals surface area (Å²) >= 11 is 0. The summed E-state index contributed by atoms with van der Waals surface area (Å²) in [5.74, 6) is 0.894. The van der Waals surface area contributed by atoms with Crippen LogP contribution in [0.4, 0.5) is 0 Å².